The molecule has 2 aromatic heterocycles. The second-order valence-electron chi connectivity index (χ2n) is 3.77. The standard InChI is InChI=1S/C12H9F3N4O/c13-12(14,15)8-2-1-3-17-9(8)7-19-11(20)10-6-16-4-5-18-10/h1-6H,7H2,(H,19,20). The van der Waals surface area contributed by atoms with Crippen LogP contribution in [0.1, 0.15) is 21.7 Å². The third-order valence-corrected chi connectivity index (χ3v) is 2.41. The Kier molecular flexibility index (Phi) is 3.92. The van der Waals surface area contributed by atoms with E-state index < -0.39 is 17.6 Å². The van der Waals surface area contributed by atoms with Gasteiger partial charge in [0.05, 0.1) is 24.0 Å². The van der Waals surface area contributed by atoms with Gasteiger partial charge in [0.15, 0.2) is 0 Å². The van der Waals surface area contributed by atoms with Gasteiger partial charge in [-0.15, -0.1) is 0 Å². The van der Waals surface area contributed by atoms with E-state index in [1.165, 1.54) is 30.9 Å². The average molecular weight is 282 g/mol. The van der Waals surface area contributed by atoms with E-state index in [1.807, 2.05) is 0 Å². The first kappa shape index (κ1) is 13.9. The zero-order valence-corrected chi connectivity index (χ0v) is 10.1. The number of nitrogens with zero attached hydrogens (tertiary/aromatic N) is 3. The lowest BCUT2D eigenvalue weighted by Crippen LogP contribution is -2.26. The third-order valence-electron chi connectivity index (χ3n) is 2.41. The summed E-state index contributed by atoms with van der Waals surface area (Å²) in [5.74, 6) is -0.614. The molecule has 0 fully saturated rings. The van der Waals surface area contributed by atoms with Crippen molar-refractivity contribution in [2.24, 2.45) is 0 Å². The molecule has 0 bridgehead atoms. The van der Waals surface area contributed by atoms with Crippen LogP contribution in [0.25, 0.3) is 0 Å². The summed E-state index contributed by atoms with van der Waals surface area (Å²) in [7, 11) is 0. The first-order valence-corrected chi connectivity index (χ1v) is 5.54. The number of carbonyl (C=O) groups excluding carboxylic acids is 1. The maximum Gasteiger partial charge on any atom is 0.418 e. The van der Waals surface area contributed by atoms with Gasteiger partial charge in [0, 0.05) is 18.6 Å². The Balaban J connectivity index is 2.11. The minimum Gasteiger partial charge on any atom is -0.345 e. The predicted molar refractivity (Wildman–Crippen MR) is 62.4 cm³/mol. The summed E-state index contributed by atoms with van der Waals surface area (Å²) in [4.78, 5) is 22.7. The molecule has 20 heavy (non-hydrogen) atoms. The molecule has 2 aromatic rings. The van der Waals surface area contributed by atoms with Gasteiger partial charge in [-0.3, -0.25) is 14.8 Å². The third kappa shape index (κ3) is 3.28. The highest BCUT2D eigenvalue weighted by Crippen LogP contribution is 2.30. The molecule has 0 saturated heterocycles. The minimum absolute atomic E-state index is 0.0250. The fraction of sp³-hybridized carbons (Fsp3) is 0.167. The Hall–Kier alpha value is -2.51. The molecule has 2 heterocycles. The monoisotopic (exact) mass is 282 g/mol. The maximum absolute atomic E-state index is 12.7. The van der Waals surface area contributed by atoms with Gasteiger partial charge in [0.2, 0.25) is 0 Å². The van der Waals surface area contributed by atoms with E-state index in [1.54, 1.807) is 0 Å². The number of hydrogen-bond acceptors (Lipinski definition) is 4. The van der Waals surface area contributed by atoms with Crippen LogP contribution in [0.4, 0.5) is 13.2 Å². The summed E-state index contributed by atoms with van der Waals surface area (Å²) in [5.41, 5.74) is -1.10. The van der Waals surface area contributed by atoms with Crippen LogP contribution in [0.15, 0.2) is 36.9 Å². The molecule has 0 spiro atoms. The topological polar surface area (TPSA) is 67.8 Å². The van der Waals surface area contributed by atoms with Gasteiger partial charge in [-0.25, -0.2) is 4.98 Å². The van der Waals surface area contributed by atoms with Crippen molar-refractivity contribution in [3.05, 3.63) is 53.9 Å². The van der Waals surface area contributed by atoms with Gasteiger partial charge in [-0.1, -0.05) is 0 Å². The number of pyridine rings is 1. The Morgan fingerprint density at radius 3 is 2.65 bits per heavy atom. The van der Waals surface area contributed by atoms with Crippen LogP contribution in [0.3, 0.4) is 0 Å². The van der Waals surface area contributed by atoms with Crippen molar-refractivity contribution in [1.82, 2.24) is 20.3 Å². The minimum atomic E-state index is -4.51. The van der Waals surface area contributed by atoms with E-state index in [-0.39, 0.29) is 17.9 Å². The molecular formula is C12H9F3N4O. The normalized spacial score (nSPS) is 11.2. The van der Waals surface area contributed by atoms with Crippen molar-refractivity contribution in [3.63, 3.8) is 0 Å². The Labute approximate surface area is 111 Å². The van der Waals surface area contributed by atoms with Gasteiger partial charge in [-0.05, 0) is 12.1 Å². The predicted octanol–water partition coefficient (Wildman–Crippen LogP) is 1.82. The number of carbonyl (C=O) groups is 1. The highest BCUT2D eigenvalue weighted by Gasteiger charge is 2.33. The van der Waals surface area contributed by atoms with Crippen molar-refractivity contribution in [1.29, 1.82) is 0 Å². The molecule has 0 unspecified atom stereocenters. The van der Waals surface area contributed by atoms with E-state index in [0.717, 1.165) is 6.07 Å². The lowest BCUT2D eigenvalue weighted by Gasteiger charge is -2.11. The van der Waals surface area contributed by atoms with Crippen molar-refractivity contribution in [3.8, 4) is 0 Å². The molecule has 2 rings (SSSR count). The molecule has 1 amide bonds. The van der Waals surface area contributed by atoms with Crippen LogP contribution >= 0.6 is 0 Å². The number of amides is 1. The summed E-state index contributed by atoms with van der Waals surface area (Å²) in [6.45, 7) is -0.342. The van der Waals surface area contributed by atoms with Gasteiger partial charge in [-0.2, -0.15) is 13.2 Å². The van der Waals surface area contributed by atoms with Crippen LogP contribution in [-0.4, -0.2) is 20.9 Å². The number of nitrogens with one attached hydrogen (secondary N) is 1. The average Bonchev–Trinajstić information content (AvgIpc) is 2.45. The van der Waals surface area contributed by atoms with E-state index in [4.69, 9.17) is 0 Å². The van der Waals surface area contributed by atoms with Crippen molar-refractivity contribution in [2.45, 2.75) is 12.7 Å². The fourth-order valence-corrected chi connectivity index (χ4v) is 1.51. The molecule has 0 aliphatic carbocycles. The zero-order chi connectivity index (χ0) is 14.6. The number of halogens is 3. The second-order valence-corrected chi connectivity index (χ2v) is 3.77. The quantitative estimate of drug-likeness (QED) is 0.932. The summed E-state index contributed by atoms with van der Waals surface area (Å²) >= 11 is 0. The summed E-state index contributed by atoms with van der Waals surface area (Å²) in [6, 6.07) is 2.10. The lowest BCUT2D eigenvalue weighted by molar-refractivity contribution is -0.138. The second kappa shape index (κ2) is 5.64. The molecule has 8 heteroatoms. The van der Waals surface area contributed by atoms with Crippen molar-refractivity contribution >= 4 is 5.91 Å². The molecule has 104 valence electrons. The molecule has 0 atom stereocenters. The molecule has 0 aliphatic rings. The lowest BCUT2D eigenvalue weighted by atomic mass is 10.2. The molecule has 0 saturated carbocycles. The maximum atomic E-state index is 12.7. The van der Waals surface area contributed by atoms with Crippen LogP contribution in [0.5, 0.6) is 0 Å². The van der Waals surface area contributed by atoms with Crippen LogP contribution in [-0.2, 0) is 12.7 Å². The zero-order valence-electron chi connectivity index (χ0n) is 10.1. The van der Waals surface area contributed by atoms with Crippen LogP contribution < -0.4 is 5.32 Å². The molecule has 0 radical (unpaired) electrons. The van der Waals surface area contributed by atoms with Gasteiger partial charge >= 0.3 is 6.18 Å². The molecule has 0 aromatic carbocycles. The van der Waals surface area contributed by atoms with Crippen LogP contribution in [0, 0.1) is 0 Å². The smallest absolute Gasteiger partial charge is 0.345 e. The molecule has 1 N–H and O–H groups in total. The molecule has 5 nitrogen and oxygen atoms in total. The largest absolute Gasteiger partial charge is 0.418 e. The van der Waals surface area contributed by atoms with Gasteiger partial charge in [0.1, 0.15) is 5.69 Å². The number of hydrogen-bond donors (Lipinski definition) is 1. The van der Waals surface area contributed by atoms with E-state index >= 15 is 0 Å². The first-order valence-electron chi connectivity index (χ1n) is 5.54. The van der Waals surface area contributed by atoms with Gasteiger partial charge < -0.3 is 5.32 Å². The fourth-order valence-electron chi connectivity index (χ4n) is 1.51. The molecule has 0 aliphatic heterocycles. The van der Waals surface area contributed by atoms with E-state index in [9.17, 15) is 18.0 Å². The van der Waals surface area contributed by atoms with Crippen molar-refractivity contribution in [2.75, 3.05) is 0 Å². The van der Waals surface area contributed by atoms with Gasteiger partial charge in [0.25, 0.3) is 5.91 Å². The summed E-state index contributed by atoms with van der Waals surface area (Å²) < 4.78 is 38.2. The highest BCUT2D eigenvalue weighted by molar-refractivity contribution is 5.91. The van der Waals surface area contributed by atoms with Crippen LogP contribution in [0.2, 0.25) is 0 Å². The van der Waals surface area contributed by atoms with E-state index in [0.29, 0.717) is 0 Å². The SMILES string of the molecule is O=C(NCc1ncccc1C(F)(F)F)c1cnccn1. The Bertz CT molecular complexity index is 601. The summed E-state index contributed by atoms with van der Waals surface area (Å²) in [5, 5.41) is 2.32. The Morgan fingerprint density at radius 1 is 1.20 bits per heavy atom. The number of rotatable bonds is 3. The summed E-state index contributed by atoms with van der Waals surface area (Å²) in [6.07, 6.45) is 0.645. The van der Waals surface area contributed by atoms with Crippen molar-refractivity contribution < 1.29 is 18.0 Å². The molecular weight excluding hydrogens is 273 g/mol. The first-order chi connectivity index (χ1) is 9.48. The highest BCUT2D eigenvalue weighted by atomic mass is 19.4. The van der Waals surface area contributed by atoms with E-state index in [2.05, 4.69) is 20.3 Å². The number of alkyl halides is 3. The Morgan fingerprint density at radius 2 is 2.00 bits per heavy atom. The number of aromatic nitrogens is 3.